The average Bonchev–Trinajstić information content (AvgIpc) is 3.24. The van der Waals surface area contributed by atoms with Crippen LogP contribution in [0.25, 0.3) is 0 Å². The topological polar surface area (TPSA) is 68.0 Å². The lowest BCUT2D eigenvalue weighted by molar-refractivity contribution is -0.118. The first kappa shape index (κ1) is 14.1. The average molecular weight is 346 g/mol. The van der Waals surface area contributed by atoms with Crippen LogP contribution in [0.5, 0.6) is 0 Å². The van der Waals surface area contributed by atoms with Crippen LogP contribution in [0.1, 0.15) is 24.0 Å². The van der Waals surface area contributed by atoms with E-state index >= 15 is 0 Å². The van der Waals surface area contributed by atoms with Crippen molar-refractivity contribution < 1.29 is 4.79 Å². The van der Waals surface area contributed by atoms with Crippen molar-refractivity contribution in [1.29, 1.82) is 0 Å². The number of halogens is 1. The van der Waals surface area contributed by atoms with Gasteiger partial charge in [-0.1, -0.05) is 12.1 Å². The first-order valence-corrected chi connectivity index (χ1v) is 7.60. The number of aromatic nitrogens is 1. The van der Waals surface area contributed by atoms with Crippen molar-refractivity contribution in [3.8, 4) is 0 Å². The van der Waals surface area contributed by atoms with Crippen LogP contribution in [0, 0.1) is 6.92 Å². The van der Waals surface area contributed by atoms with Crippen LogP contribution < -0.4 is 11.1 Å². The number of amides is 1. The molecule has 0 atom stereocenters. The van der Waals surface area contributed by atoms with Crippen LogP contribution in [0.4, 0.5) is 11.5 Å². The van der Waals surface area contributed by atoms with Crippen LogP contribution >= 0.6 is 15.9 Å². The van der Waals surface area contributed by atoms with Crippen LogP contribution in [-0.4, -0.2) is 10.9 Å². The van der Waals surface area contributed by atoms with Gasteiger partial charge in [0.15, 0.2) is 0 Å². The highest BCUT2D eigenvalue weighted by atomic mass is 79.9. The smallest absolute Gasteiger partial charge is 0.236 e. The summed E-state index contributed by atoms with van der Waals surface area (Å²) in [6.45, 7) is 1.93. The van der Waals surface area contributed by atoms with Gasteiger partial charge in [0.25, 0.3) is 0 Å². The first-order valence-electron chi connectivity index (χ1n) is 6.81. The van der Waals surface area contributed by atoms with Crippen LogP contribution in [-0.2, 0) is 10.2 Å². The quantitative estimate of drug-likeness (QED) is 0.837. The van der Waals surface area contributed by atoms with E-state index < -0.39 is 5.41 Å². The molecule has 1 aliphatic rings. The molecule has 0 spiro atoms. The van der Waals surface area contributed by atoms with E-state index in [9.17, 15) is 4.79 Å². The second kappa shape index (κ2) is 5.15. The summed E-state index contributed by atoms with van der Waals surface area (Å²) in [4.78, 5) is 16.9. The number of nitrogen functional groups attached to an aromatic ring is 1. The van der Waals surface area contributed by atoms with Gasteiger partial charge in [-0.25, -0.2) is 4.98 Å². The molecule has 1 heterocycles. The van der Waals surface area contributed by atoms with E-state index in [1.165, 1.54) is 0 Å². The van der Waals surface area contributed by atoms with Gasteiger partial charge in [-0.15, -0.1) is 0 Å². The summed E-state index contributed by atoms with van der Waals surface area (Å²) in [5.74, 6) is 0.620. The van der Waals surface area contributed by atoms with Gasteiger partial charge in [-0.3, -0.25) is 4.79 Å². The van der Waals surface area contributed by atoms with Gasteiger partial charge in [0.05, 0.1) is 5.41 Å². The minimum absolute atomic E-state index is 0.00481. The Morgan fingerprint density at radius 3 is 2.57 bits per heavy atom. The lowest BCUT2D eigenvalue weighted by Gasteiger charge is -2.16. The predicted molar refractivity (Wildman–Crippen MR) is 87.1 cm³/mol. The van der Waals surface area contributed by atoms with Crippen molar-refractivity contribution in [2.75, 3.05) is 11.1 Å². The van der Waals surface area contributed by atoms with Crippen molar-refractivity contribution in [3.05, 3.63) is 52.1 Å². The molecule has 0 unspecified atom stereocenters. The zero-order chi connectivity index (χ0) is 15.0. The fourth-order valence-corrected chi connectivity index (χ4v) is 2.92. The van der Waals surface area contributed by atoms with Crippen molar-refractivity contribution >= 4 is 33.3 Å². The molecular weight excluding hydrogens is 330 g/mol. The SMILES string of the molecule is Cc1cc(Br)cnc1NC(=O)C1(c2ccc(N)cc2)CC1. The molecule has 3 rings (SSSR count). The Hall–Kier alpha value is -1.88. The zero-order valence-corrected chi connectivity index (χ0v) is 13.3. The van der Waals surface area contributed by atoms with Crippen molar-refractivity contribution in [2.24, 2.45) is 0 Å². The van der Waals surface area contributed by atoms with Crippen LogP contribution in [0.15, 0.2) is 41.0 Å². The lowest BCUT2D eigenvalue weighted by Crippen LogP contribution is -2.28. The van der Waals surface area contributed by atoms with E-state index in [-0.39, 0.29) is 5.91 Å². The Morgan fingerprint density at radius 2 is 2.00 bits per heavy atom. The number of pyridine rings is 1. The Morgan fingerprint density at radius 1 is 1.33 bits per heavy atom. The van der Waals surface area contributed by atoms with E-state index in [2.05, 4.69) is 26.2 Å². The van der Waals surface area contributed by atoms with E-state index in [4.69, 9.17) is 5.73 Å². The van der Waals surface area contributed by atoms with E-state index in [0.29, 0.717) is 11.5 Å². The number of hydrogen-bond acceptors (Lipinski definition) is 3. The molecule has 4 nitrogen and oxygen atoms in total. The molecule has 1 aliphatic carbocycles. The molecule has 0 bridgehead atoms. The van der Waals surface area contributed by atoms with Gasteiger partial charge in [0, 0.05) is 16.4 Å². The summed E-state index contributed by atoms with van der Waals surface area (Å²) < 4.78 is 0.901. The number of hydrogen-bond donors (Lipinski definition) is 2. The molecule has 108 valence electrons. The summed E-state index contributed by atoms with van der Waals surface area (Å²) in [6.07, 6.45) is 3.40. The number of rotatable bonds is 3. The Balaban J connectivity index is 1.83. The molecule has 1 aromatic carbocycles. The lowest BCUT2D eigenvalue weighted by atomic mass is 9.94. The third kappa shape index (κ3) is 2.65. The molecule has 1 aromatic heterocycles. The number of anilines is 2. The number of nitrogens with zero attached hydrogens (tertiary/aromatic N) is 1. The Kier molecular flexibility index (Phi) is 3.45. The fraction of sp³-hybridized carbons (Fsp3) is 0.250. The molecule has 0 saturated heterocycles. The number of nitrogens with one attached hydrogen (secondary N) is 1. The number of carbonyl (C=O) groups is 1. The van der Waals surface area contributed by atoms with Gasteiger partial charge in [-0.05, 0) is 65.0 Å². The second-order valence-electron chi connectivity index (χ2n) is 5.48. The molecule has 0 radical (unpaired) electrons. The van der Waals surface area contributed by atoms with Crippen molar-refractivity contribution in [1.82, 2.24) is 4.98 Å². The van der Waals surface area contributed by atoms with Gasteiger partial charge in [-0.2, -0.15) is 0 Å². The minimum Gasteiger partial charge on any atom is -0.399 e. The summed E-state index contributed by atoms with van der Waals surface area (Å²) in [5.41, 5.74) is 7.95. The molecular formula is C16H16BrN3O. The summed E-state index contributed by atoms with van der Waals surface area (Å²) in [5, 5.41) is 2.95. The second-order valence-corrected chi connectivity index (χ2v) is 6.39. The number of benzene rings is 1. The molecule has 1 amide bonds. The molecule has 2 aromatic rings. The van der Waals surface area contributed by atoms with Gasteiger partial charge < -0.3 is 11.1 Å². The molecule has 3 N–H and O–H groups in total. The standard InChI is InChI=1S/C16H16BrN3O/c1-10-8-12(17)9-19-14(10)20-15(21)16(6-7-16)11-2-4-13(18)5-3-11/h2-5,8-9H,6-7,18H2,1H3,(H,19,20,21). The van der Waals surface area contributed by atoms with Gasteiger partial charge >= 0.3 is 0 Å². The van der Waals surface area contributed by atoms with E-state index in [1.807, 2.05) is 37.3 Å². The Labute approximate surface area is 131 Å². The third-order valence-corrected chi connectivity index (χ3v) is 4.36. The number of nitrogens with two attached hydrogens (primary N) is 1. The third-order valence-electron chi connectivity index (χ3n) is 3.92. The first-order chi connectivity index (χ1) is 10.0. The number of carbonyl (C=O) groups excluding carboxylic acids is 1. The maximum atomic E-state index is 12.6. The highest BCUT2D eigenvalue weighted by Gasteiger charge is 2.51. The maximum absolute atomic E-state index is 12.6. The van der Waals surface area contributed by atoms with Crippen LogP contribution in [0.3, 0.4) is 0 Å². The predicted octanol–water partition coefficient (Wildman–Crippen LogP) is 3.41. The molecule has 1 fully saturated rings. The van der Waals surface area contributed by atoms with Gasteiger partial charge in [0.2, 0.25) is 5.91 Å². The summed E-state index contributed by atoms with van der Waals surface area (Å²) in [7, 11) is 0. The van der Waals surface area contributed by atoms with Crippen molar-refractivity contribution in [3.63, 3.8) is 0 Å². The minimum atomic E-state index is -0.422. The highest BCUT2D eigenvalue weighted by Crippen LogP contribution is 2.49. The van der Waals surface area contributed by atoms with Gasteiger partial charge in [0.1, 0.15) is 5.82 Å². The van der Waals surface area contributed by atoms with Crippen molar-refractivity contribution in [2.45, 2.75) is 25.2 Å². The largest absolute Gasteiger partial charge is 0.399 e. The van der Waals surface area contributed by atoms with E-state index in [0.717, 1.165) is 28.4 Å². The number of aryl methyl sites for hydroxylation is 1. The van der Waals surface area contributed by atoms with Crippen LogP contribution in [0.2, 0.25) is 0 Å². The molecule has 1 saturated carbocycles. The molecule has 0 aliphatic heterocycles. The normalized spacial score (nSPS) is 15.5. The highest BCUT2D eigenvalue weighted by molar-refractivity contribution is 9.10. The van der Waals surface area contributed by atoms with E-state index in [1.54, 1.807) is 6.20 Å². The Bertz CT molecular complexity index is 693. The maximum Gasteiger partial charge on any atom is 0.236 e. The summed E-state index contributed by atoms with van der Waals surface area (Å²) >= 11 is 3.37. The molecule has 21 heavy (non-hydrogen) atoms. The fourth-order valence-electron chi connectivity index (χ4n) is 2.47. The molecule has 5 heteroatoms. The monoisotopic (exact) mass is 345 g/mol. The summed E-state index contributed by atoms with van der Waals surface area (Å²) in [6, 6.07) is 9.48. The zero-order valence-electron chi connectivity index (χ0n) is 11.7.